The van der Waals surface area contributed by atoms with Gasteiger partial charge in [-0.3, -0.25) is 4.79 Å². The Labute approximate surface area is 98.3 Å². The highest BCUT2D eigenvalue weighted by Crippen LogP contribution is 2.60. The minimum Gasteiger partial charge on any atom is -0.481 e. The Bertz CT molecular complexity index is 374. The van der Waals surface area contributed by atoms with E-state index in [9.17, 15) is 31.1 Å². The zero-order valence-electron chi connectivity index (χ0n) is 9.36. The summed E-state index contributed by atoms with van der Waals surface area (Å²) in [5.41, 5.74) is -3.75. The third-order valence-corrected chi connectivity index (χ3v) is 3.13. The third-order valence-electron chi connectivity index (χ3n) is 3.13. The van der Waals surface area contributed by atoms with Crippen molar-refractivity contribution in [3.8, 4) is 0 Å². The van der Waals surface area contributed by atoms with Gasteiger partial charge in [0, 0.05) is 0 Å². The molecule has 2 atom stereocenters. The number of carboxylic acids is 1. The molecule has 0 aromatic heterocycles. The molecular weight excluding hydrogens is 266 g/mol. The van der Waals surface area contributed by atoms with E-state index >= 15 is 0 Å². The summed E-state index contributed by atoms with van der Waals surface area (Å²) < 4.78 is 73.5. The van der Waals surface area contributed by atoms with Crippen LogP contribution in [0.4, 0.5) is 26.3 Å². The van der Waals surface area contributed by atoms with Crippen molar-refractivity contribution in [1.29, 1.82) is 0 Å². The van der Waals surface area contributed by atoms with Crippen molar-refractivity contribution in [1.82, 2.24) is 0 Å². The first-order valence-electron chi connectivity index (χ1n) is 4.88. The molecule has 1 aliphatic carbocycles. The van der Waals surface area contributed by atoms with E-state index in [0.717, 1.165) is 0 Å². The molecule has 1 rings (SSSR count). The lowest BCUT2D eigenvalue weighted by Crippen LogP contribution is -2.26. The number of carbonyl (C=O) groups is 1. The molecule has 1 aliphatic rings. The fourth-order valence-electron chi connectivity index (χ4n) is 1.99. The third kappa shape index (κ3) is 2.62. The van der Waals surface area contributed by atoms with Crippen LogP contribution in [-0.2, 0) is 4.79 Å². The molecule has 0 amide bonds. The monoisotopic (exact) mass is 276 g/mol. The zero-order chi connectivity index (χ0) is 14.5. The lowest BCUT2D eigenvalue weighted by molar-refractivity contribution is -0.172. The summed E-state index contributed by atoms with van der Waals surface area (Å²) in [6, 6.07) is 0. The van der Waals surface area contributed by atoms with Crippen LogP contribution in [0.5, 0.6) is 0 Å². The number of hydrogen-bond donors (Lipinski definition) is 1. The first-order valence-corrected chi connectivity index (χ1v) is 4.88. The van der Waals surface area contributed by atoms with E-state index in [2.05, 4.69) is 0 Å². The van der Waals surface area contributed by atoms with Gasteiger partial charge in [0.15, 0.2) is 0 Å². The van der Waals surface area contributed by atoms with Gasteiger partial charge in [-0.25, -0.2) is 0 Å². The van der Waals surface area contributed by atoms with E-state index in [1.54, 1.807) is 0 Å². The molecular formula is C10H10F6O2. The smallest absolute Gasteiger partial charge is 0.421 e. The summed E-state index contributed by atoms with van der Waals surface area (Å²) in [5.74, 6) is -3.89. The lowest BCUT2D eigenvalue weighted by Gasteiger charge is -2.15. The van der Waals surface area contributed by atoms with Gasteiger partial charge < -0.3 is 5.11 Å². The van der Waals surface area contributed by atoms with E-state index in [-0.39, 0.29) is 6.08 Å². The van der Waals surface area contributed by atoms with Crippen molar-refractivity contribution in [3.05, 3.63) is 11.6 Å². The van der Waals surface area contributed by atoms with Crippen molar-refractivity contribution >= 4 is 5.97 Å². The van der Waals surface area contributed by atoms with Crippen molar-refractivity contribution in [2.24, 2.45) is 17.3 Å². The highest BCUT2D eigenvalue weighted by atomic mass is 19.4. The van der Waals surface area contributed by atoms with Crippen LogP contribution in [0.15, 0.2) is 11.6 Å². The fraction of sp³-hybridized carbons (Fsp3) is 0.700. The second-order valence-electron chi connectivity index (χ2n) is 4.74. The largest absolute Gasteiger partial charge is 0.481 e. The van der Waals surface area contributed by atoms with Crippen LogP contribution in [0.2, 0.25) is 0 Å². The van der Waals surface area contributed by atoms with Crippen molar-refractivity contribution in [3.63, 3.8) is 0 Å². The molecule has 0 aliphatic heterocycles. The van der Waals surface area contributed by atoms with Crippen LogP contribution >= 0.6 is 0 Å². The van der Waals surface area contributed by atoms with E-state index in [4.69, 9.17) is 5.11 Å². The number of rotatable bonds is 2. The maximum atomic E-state index is 12.2. The Morgan fingerprint density at radius 3 is 1.72 bits per heavy atom. The number of carboxylic acid groups (broad SMARTS) is 1. The molecule has 8 heteroatoms. The van der Waals surface area contributed by atoms with Gasteiger partial charge in [0.1, 0.15) is 5.57 Å². The first-order chi connectivity index (χ1) is 7.79. The first kappa shape index (κ1) is 14.8. The van der Waals surface area contributed by atoms with Gasteiger partial charge in [-0.1, -0.05) is 19.9 Å². The summed E-state index contributed by atoms with van der Waals surface area (Å²) in [6.07, 6.45) is -11.1. The molecule has 0 saturated heterocycles. The molecule has 0 aromatic rings. The second-order valence-corrected chi connectivity index (χ2v) is 4.74. The van der Waals surface area contributed by atoms with Crippen molar-refractivity contribution in [2.75, 3.05) is 0 Å². The van der Waals surface area contributed by atoms with Crippen LogP contribution < -0.4 is 0 Å². The number of hydrogen-bond acceptors (Lipinski definition) is 1. The number of alkyl halides is 6. The molecule has 0 radical (unpaired) electrons. The minimum atomic E-state index is -5.54. The van der Waals surface area contributed by atoms with Gasteiger partial charge in [-0.15, -0.1) is 0 Å². The maximum Gasteiger partial charge on any atom is 0.421 e. The van der Waals surface area contributed by atoms with Gasteiger partial charge in [-0.2, -0.15) is 26.3 Å². The van der Waals surface area contributed by atoms with Gasteiger partial charge in [0.25, 0.3) is 0 Å². The van der Waals surface area contributed by atoms with Crippen LogP contribution in [-0.4, -0.2) is 23.4 Å². The predicted octanol–water partition coefficient (Wildman–Crippen LogP) is 3.39. The van der Waals surface area contributed by atoms with E-state index in [1.807, 2.05) is 0 Å². The average Bonchev–Trinajstić information content (AvgIpc) is 2.59. The van der Waals surface area contributed by atoms with Gasteiger partial charge >= 0.3 is 18.3 Å². The highest BCUT2D eigenvalue weighted by molar-refractivity contribution is 5.76. The molecule has 104 valence electrons. The molecule has 0 spiro atoms. The molecule has 0 heterocycles. The summed E-state index contributed by atoms with van der Waals surface area (Å²) >= 11 is 0. The van der Waals surface area contributed by atoms with Gasteiger partial charge in [0.2, 0.25) is 0 Å². The highest BCUT2D eigenvalue weighted by Gasteiger charge is 2.63. The molecule has 1 saturated carbocycles. The van der Waals surface area contributed by atoms with Crippen molar-refractivity contribution < 1.29 is 36.2 Å². The SMILES string of the molecule is CC1(C)C(C=C(C(F)(F)F)C(F)(F)F)[C@H]1C(=O)O. The summed E-state index contributed by atoms with van der Waals surface area (Å²) in [4.78, 5) is 10.7. The number of allylic oxidation sites excluding steroid dienone is 2. The molecule has 1 unspecified atom stereocenters. The van der Waals surface area contributed by atoms with Crippen LogP contribution in [0.1, 0.15) is 13.8 Å². The normalized spacial score (nSPS) is 26.7. The molecule has 0 bridgehead atoms. The lowest BCUT2D eigenvalue weighted by atomic mass is 10.1. The standard InChI is InChI=1S/C10H10F6O2/c1-8(2)4(6(8)7(17)18)3-5(9(11,12)13)10(14,15)16/h3-4,6H,1-2H3,(H,17,18)/t4?,6-/m0/s1. The van der Waals surface area contributed by atoms with Crippen LogP contribution in [0.3, 0.4) is 0 Å². The quantitative estimate of drug-likeness (QED) is 0.620. The zero-order valence-corrected chi connectivity index (χ0v) is 9.36. The maximum absolute atomic E-state index is 12.2. The molecule has 1 N–H and O–H groups in total. The Hall–Kier alpha value is -1.21. The molecule has 0 aromatic carbocycles. The van der Waals surface area contributed by atoms with Crippen LogP contribution in [0, 0.1) is 17.3 Å². The minimum absolute atomic E-state index is 0.0151. The predicted molar refractivity (Wildman–Crippen MR) is 48.6 cm³/mol. The summed E-state index contributed by atoms with van der Waals surface area (Å²) in [7, 11) is 0. The number of aliphatic carboxylic acids is 1. The summed E-state index contributed by atoms with van der Waals surface area (Å²) in [6.45, 7) is 2.63. The Kier molecular flexibility index (Phi) is 3.21. The average molecular weight is 276 g/mol. The van der Waals surface area contributed by atoms with E-state index < -0.39 is 41.1 Å². The Balaban J connectivity index is 3.11. The van der Waals surface area contributed by atoms with Crippen LogP contribution in [0.25, 0.3) is 0 Å². The second kappa shape index (κ2) is 3.89. The van der Waals surface area contributed by atoms with E-state index in [0.29, 0.717) is 0 Å². The molecule has 1 fully saturated rings. The van der Waals surface area contributed by atoms with Gasteiger partial charge in [-0.05, 0) is 11.3 Å². The van der Waals surface area contributed by atoms with Gasteiger partial charge in [0.05, 0.1) is 5.92 Å². The molecule has 2 nitrogen and oxygen atoms in total. The Morgan fingerprint density at radius 2 is 1.50 bits per heavy atom. The topological polar surface area (TPSA) is 37.3 Å². The van der Waals surface area contributed by atoms with Crippen molar-refractivity contribution in [2.45, 2.75) is 26.2 Å². The summed E-state index contributed by atoms with van der Waals surface area (Å²) in [5, 5.41) is 8.69. The number of halogens is 6. The van der Waals surface area contributed by atoms with E-state index in [1.165, 1.54) is 13.8 Å². The fourth-order valence-corrected chi connectivity index (χ4v) is 1.99. The Morgan fingerprint density at radius 1 is 1.11 bits per heavy atom. The molecule has 18 heavy (non-hydrogen) atoms.